The summed E-state index contributed by atoms with van der Waals surface area (Å²) in [5.41, 5.74) is 4.67. The summed E-state index contributed by atoms with van der Waals surface area (Å²) in [4.78, 5) is 0. The van der Waals surface area contributed by atoms with Crippen molar-refractivity contribution >= 4 is 27.5 Å². The molecule has 0 saturated heterocycles. The fourth-order valence-corrected chi connectivity index (χ4v) is 2.77. The van der Waals surface area contributed by atoms with E-state index >= 15 is 0 Å². The van der Waals surface area contributed by atoms with E-state index in [0.29, 0.717) is 0 Å². The quantitative estimate of drug-likeness (QED) is 0.502. The summed E-state index contributed by atoms with van der Waals surface area (Å²) >= 11 is 9.79. The van der Waals surface area contributed by atoms with E-state index < -0.39 is 0 Å². The van der Waals surface area contributed by atoms with Crippen LogP contribution in [0.3, 0.4) is 0 Å². The average Bonchev–Trinajstić information content (AvgIpc) is 2.51. The smallest absolute Gasteiger partial charge is 0.0554 e. The Bertz CT molecular complexity index is 657. The van der Waals surface area contributed by atoms with Crippen molar-refractivity contribution in [3.8, 4) is 22.3 Å². The highest BCUT2D eigenvalue weighted by molar-refractivity contribution is 9.10. The first kappa shape index (κ1) is 13.4. The van der Waals surface area contributed by atoms with Crippen molar-refractivity contribution in [3.63, 3.8) is 0 Å². The molecule has 3 rings (SSSR count). The van der Waals surface area contributed by atoms with Crippen molar-refractivity contribution in [2.24, 2.45) is 0 Å². The van der Waals surface area contributed by atoms with Crippen LogP contribution in [0, 0.1) is 0 Å². The van der Waals surface area contributed by atoms with Gasteiger partial charge in [-0.05, 0) is 50.3 Å². The average molecular weight is 344 g/mol. The minimum absolute atomic E-state index is 0.725. The maximum atomic E-state index is 6.28. The van der Waals surface area contributed by atoms with Crippen molar-refractivity contribution in [1.82, 2.24) is 0 Å². The van der Waals surface area contributed by atoms with Gasteiger partial charge in [-0.15, -0.1) is 0 Å². The monoisotopic (exact) mass is 342 g/mol. The molecule has 98 valence electrons. The van der Waals surface area contributed by atoms with Crippen LogP contribution in [-0.4, -0.2) is 0 Å². The summed E-state index contributed by atoms with van der Waals surface area (Å²) < 4.78 is 0.915. The third kappa shape index (κ3) is 2.65. The minimum atomic E-state index is 0.725. The number of hydrogen-bond acceptors (Lipinski definition) is 0. The van der Waals surface area contributed by atoms with E-state index in [2.05, 4.69) is 46.3 Å². The summed E-state index contributed by atoms with van der Waals surface area (Å²) in [5, 5.41) is 0.725. The Hall–Kier alpha value is -1.57. The zero-order valence-electron chi connectivity index (χ0n) is 10.7. The van der Waals surface area contributed by atoms with Gasteiger partial charge in [0.2, 0.25) is 0 Å². The van der Waals surface area contributed by atoms with Crippen LogP contribution in [0.5, 0.6) is 0 Å². The van der Waals surface area contributed by atoms with Gasteiger partial charge in [-0.2, -0.15) is 0 Å². The molecular formula is C18H12BrCl. The van der Waals surface area contributed by atoms with E-state index in [1.807, 2.05) is 42.5 Å². The summed E-state index contributed by atoms with van der Waals surface area (Å²) in [6.45, 7) is 0. The van der Waals surface area contributed by atoms with E-state index in [1.165, 1.54) is 16.7 Å². The van der Waals surface area contributed by atoms with Crippen molar-refractivity contribution in [2.75, 3.05) is 0 Å². The molecule has 2 heteroatoms. The van der Waals surface area contributed by atoms with Gasteiger partial charge < -0.3 is 0 Å². The molecule has 0 nitrogen and oxygen atoms in total. The van der Waals surface area contributed by atoms with Gasteiger partial charge in [-0.25, -0.2) is 0 Å². The van der Waals surface area contributed by atoms with Crippen LogP contribution in [0.25, 0.3) is 22.3 Å². The van der Waals surface area contributed by atoms with Gasteiger partial charge >= 0.3 is 0 Å². The summed E-state index contributed by atoms with van der Waals surface area (Å²) in [6, 6.07) is 24.8. The summed E-state index contributed by atoms with van der Waals surface area (Å²) in [7, 11) is 0. The third-order valence-corrected chi connectivity index (χ3v) is 4.43. The van der Waals surface area contributed by atoms with Crippen LogP contribution in [0.4, 0.5) is 0 Å². The van der Waals surface area contributed by atoms with Gasteiger partial charge in [0, 0.05) is 4.47 Å². The number of benzene rings is 3. The molecule has 20 heavy (non-hydrogen) atoms. The SMILES string of the molecule is Clc1cc(-c2ccccc2)c(-c2ccccc2)cc1Br. The lowest BCUT2D eigenvalue weighted by Crippen LogP contribution is -1.86. The maximum absolute atomic E-state index is 6.28. The first-order valence-electron chi connectivity index (χ1n) is 6.35. The van der Waals surface area contributed by atoms with Gasteiger partial charge in [0.15, 0.2) is 0 Å². The molecule has 0 N–H and O–H groups in total. The second-order valence-electron chi connectivity index (χ2n) is 4.54. The first-order chi connectivity index (χ1) is 9.75. The molecule has 0 aromatic heterocycles. The molecule has 3 aromatic rings. The van der Waals surface area contributed by atoms with Crippen molar-refractivity contribution in [1.29, 1.82) is 0 Å². The van der Waals surface area contributed by atoms with Crippen LogP contribution in [0.15, 0.2) is 77.3 Å². The molecular weight excluding hydrogens is 332 g/mol. The molecule has 0 heterocycles. The summed E-state index contributed by atoms with van der Waals surface area (Å²) in [6.07, 6.45) is 0. The lowest BCUT2D eigenvalue weighted by Gasteiger charge is -2.12. The summed E-state index contributed by atoms with van der Waals surface area (Å²) in [5.74, 6) is 0. The molecule has 0 aliphatic carbocycles. The Kier molecular flexibility index (Phi) is 3.90. The van der Waals surface area contributed by atoms with Crippen LogP contribution in [-0.2, 0) is 0 Å². The first-order valence-corrected chi connectivity index (χ1v) is 7.52. The van der Waals surface area contributed by atoms with Crippen LogP contribution in [0.1, 0.15) is 0 Å². The van der Waals surface area contributed by atoms with E-state index in [1.54, 1.807) is 0 Å². The third-order valence-electron chi connectivity index (χ3n) is 3.23. The molecule has 0 radical (unpaired) electrons. The highest BCUT2D eigenvalue weighted by Crippen LogP contribution is 2.38. The molecule has 0 aliphatic heterocycles. The van der Waals surface area contributed by atoms with Crippen molar-refractivity contribution in [3.05, 3.63) is 82.3 Å². The molecule has 0 saturated carbocycles. The predicted octanol–water partition coefficient (Wildman–Crippen LogP) is 6.44. The van der Waals surface area contributed by atoms with E-state index in [0.717, 1.165) is 15.1 Å². The Labute approximate surface area is 132 Å². The van der Waals surface area contributed by atoms with Gasteiger partial charge in [0.05, 0.1) is 5.02 Å². The zero-order chi connectivity index (χ0) is 13.9. The molecule has 0 aliphatic rings. The molecule has 0 bridgehead atoms. The highest BCUT2D eigenvalue weighted by atomic mass is 79.9. The van der Waals surface area contributed by atoms with Crippen LogP contribution < -0.4 is 0 Å². The van der Waals surface area contributed by atoms with Gasteiger partial charge in [0.25, 0.3) is 0 Å². The minimum Gasteiger partial charge on any atom is -0.0831 e. The number of hydrogen-bond donors (Lipinski definition) is 0. The van der Waals surface area contributed by atoms with Crippen LogP contribution in [0.2, 0.25) is 5.02 Å². The van der Waals surface area contributed by atoms with Crippen molar-refractivity contribution in [2.45, 2.75) is 0 Å². The molecule has 3 aromatic carbocycles. The fourth-order valence-electron chi connectivity index (χ4n) is 2.26. The molecule has 0 fully saturated rings. The Morgan fingerprint density at radius 1 is 0.650 bits per heavy atom. The molecule has 0 unspecified atom stereocenters. The van der Waals surface area contributed by atoms with Gasteiger partial charge in [-0.3, -0.25) is 0 Å². The maximum Gasteiger partial charge on any atom is 0.0554 e. The highest BCUT2D eigenvalue weighted by Gasteiger charge is 2.10. The second kappa shape index (κ2) is 5.82. The van der Waals surface area contributed by atoms with E-state index in [4.69, 9.17) is 11.6 Å². The number of rotatable bonds is 2. The van der Waals surface area contributed by atoms with E-state index in [-0.39, 0.29) is 0 Å². The Morgan fingerprint density at radius 2 is 1.10 bits per heavy atom. The lowest BCUT2D eigenvalue weighted by molar-refractivity contribution is 1.56. The lowest BCUT2D eigenvalue weighted by atomic mass is 9.95. The molecule has 0 spiro atoms. The Morgan fingerprint density at radius 3 is 1.60 bits per heavy atom. The molecule has 0 atom stereocenters. The topological polar surface area (TPSA) is 0 Å². The van der Waals surface area contributed by atoms with Gasteiger partial charge in [-0.1, -0.05) is 72.3 Å². The van der Waals surface area contributed by atoms with Crippen molar-refractivity contribution < 1.29 is 0 Å². The fraction of sp³-hybridized carbons (Fsp3) is 0. The second-order valence-corrected chi connectivity index (χ2v) is 5.81. The van der Waals surface area contributed by atoms with Crippen LogP contribution >= 0.6 is 27.5 Å². The zero-order valence-corrected chi connectivity index (χ0v) is 13.0. The largest absolute Gasteiger partial charge is 0.0831 e. The normalized spacial score (nSPS) is 10.5. The predicted molar refractivity (Wildman–Crippen MR) is 90.0 cm³/mol. The standard InChI is InChI=1S/C18H12BrCl/c19-17-11-15(13-7-3-1-4-8-13)16(12-18(17)20)14-9-5-2-6-10-14/h1-12H. The molecule has 0 amide bonds. The number of halogens is 2. The van der Waals surface area contributed by atoms with E-state index in [9.17, 15) is 0 Å². The Balaban J connectivity index is 2.26. The van der Waals surface area contributed by atoms with Gasteiger partial charge in [0.1, 0.15) is 0 Å².